The van der Waals surface area contributed by atoms with E-state index in [1.165, 1.54) is 30.4 Å². The molecule has 0 fully saturated rings. The van der Waals surface area contributed by atoms with E-state index in [0.717, 1.165) is 6.42 Å². The van der Waals surface area contributed by atoms with Gasteiger partial charge in [0, 0.05) is 17.8 Å². The standard InChI is InChI=1S/C17H25NO2S/c1-3-21(19,20)11-12(2)18-16-10-14-8-4-6-13-7-5-9-15(16)17(13)14/h5,7,9,12,14,16,18H,3-4,6,8,10-11H2,1-2H3/t12-,14-,16+/m0/s1. The molecule has 3 rings (SSSR count). The highest BCUT2D eigenvalue weighted by atomic mass is 32.2. The van der Waals surface area contributed by atoms with Crippen LogP contribution < -0.4 is 5.32 Å². The molecule has 4 heteroatoms. The van der Waals surface area contributed by atoms with Crippen LogP contribution in [0.25, 0.3) is 0 Å². The van der Waals surface area contributed by atoms with Crippen molar-refractivity contribution >= 4 is 9.84 Å². The highest BCUT2D eigenvalue weighted by Crippen LogP contribution is 2.47. The van der Waals surface area contributed by atoms with Gasteiger partial charge in [0.25, 0.3) is 0 Å². The van der Waals surface area contributed by atoms with Gasteiger partial charge in [-0.15, -0.1) is 0 Å². The van der Waals surface area contributed by atoms with Crippen molar-refractivity contribution in [2.24, 2.45) is 0 Å². The van der Waals surface area contributed by atoms with Gasteiger partial charge in [0.2, 0.25) is 0 Å². The summed E-state index contributed by atoms with van der Waals surface area (Å²) < 4.78 is 23.5. The molecule has 1 aromatic rings. The second-order valence-corrected chi connectivity index (χ2v) is 8.96. The van der Waals surface area contributed by atoms with Gasteiger partial charge in [-0.05, 0) is 55.2 Å². The van der Waals surface area contributed by atoms with Crippen molar-refractivity contribution < 1.29 is 8.42 Å². The minimum atomic E-state index is -2.92. The van der Waals surface area contributed by atoms with Gasteiger partial charge in [-0.25, -0.2) is 8.42 Å². The SMILES string of the molecule is CCS(=O)(=O)C[C@H](C)N[C@@H]1C[C@@H]2CCCc3cccc1c32. The molecule has 2 aliphatic carbocycles. The first kappa shape index (κ1) is 15.0. The largest absolute Gasteiger partial charge is 0.306 e. The van der Waals surface area contributed by atoms with E-state index < -0.39 is 9.84 Å². The van der Waals surface area contributed by atoms with Gasteiger partial charge in [-0.3, -0.25) is 0 Å². The third kappa shape index (κ3) is 3.02. The molecule has 116 valence electrons. The molecule has 0 bridgehead atoms. The Bertz CT molecular complexity index is 624. The van der Waals surface area contributed by atoms with Crippen LogP contribution in [-0.4, -0.2) is 26.0 Å². The molecular formula is C17H25NO2S. The Balaban J connectivity index is 1.76. The van der Waals surface area contributed by atoms with Crippen LogP contribution in [-0.2, 0) is 16.3 Å². The van der Waals surface area contributed by atoms with Crippen molar-refractivity contribution in [1.29, 1.82) is 0 Å². The van der Waals surface area contributed by atoms with Gasteiger partial charge < -0.3 is 5.32 Å². The van der Waals surface area contributed by atoms with Crippen molar-refractivity contribution in [2.45, 2.75) is 57.5 Å². The Morgan fingerprint density at radius 2 is 2.19 bits per heavy atom. The van der Waals surface area contributed by atoms with Gasteiger partial charge in [0.15, 0.2) is 9.84 Å². The Labute approximate surface area is 128 Å². The summed E-state index contributed by atoms with van der Waals surface area (Å²) in [6, 6.07) is 6.98. The van der Waals surface area contributed by atoms with Gasteiger partial charge in [-0.2, -0.15) is 0 Å². The predicted molar refractivity (Wildman–Crippen MR) is 86.4 cm³/mol. The molecule has 1 N–H and O–H groups in total. The van der Waals surface area contributed by atoms with Crippen LogP contribution in [0.4, 0.5) is 0 Å². The number of hydrogen-bond donors (Lipinski definition) is 1. The van der Waals surface area contributed by atoms with Gasteiger partial charge in [0.05, 0.1) is 5.75 Å². The van der Waals surface area contributed by atoms with Crippen LogP contribution in [0.3, 0.4) is 0 Å². The average molecular weight is 307 g/mol. The number of sulfone groups is 1. The van der Waals surface area contributed by atoms with Crippen molar-refractivity contribution in [1.82, 2.24) is 5.32 Å². The van der Waals surface area contributed by atoms with Crippen LogP contribution in [0.15, 0.2) is 18.2 Å². The molecule has 0 spiro atoms. The van der Waals surface area contributed by atoms with Gasteiger partial charge in [0.1, 0.15) is 0 Å². The summed E-state index contributed by atoms with van der Waals surface area (Å²) in [5.74, 6) is 1.14. The van der Waals surface area contributed by atoms with E-state index in [4.69, 9.17) is 0 Å². The Kier molecular flexibility index (Phi) is 4.10. The lowest BCUT2D eigenvalue weighted by Crippen LogP contribution is -2.35. The molecule has 3 atom stereocenters. The molecule has 0 saturated heterocycles. The Morgan fingerprint density at radius 3 is 2.95 bits per heavy atom. The summed E-state index contributed by atoms with van der Waals surface area (Å²) in [7, 11) is -2.92. The van der Waals surface area contributed by atoms with Crippen LogP contribution in [0, 0.1) is 0 Å². The summed E-state index contributed by atoms with van der Waals surface area (Å²) in [6.07, 6.45) is 4.90. The zero-order valence-corrected chi connectivity index (χ0v) is 13.7. The summed E-state index contributed by atoms with van der Waals surface area (Å²) in [4.78, 5) is 0. The van der Waals surface area contributed by atoms with Crippen LogP contribution >= 0.6 is 0 Å². The zero-order valence-electron chi connectivity index (χ0n) is 12.9. The first-order valence-electron chi connectivity index (χ1n) is 8.08. The van der Waals surface area contributed by atoms with E-state index in [0.29, 0.717) is 12.0 Å². The third-order valence-electron chi connectivity index (χ3n) is 4.96. The molecule has 0 amide bonds. The van der Waals surface area contributed by atoms with Crippen LogP contribution in [0.2, 0.25) is 0 Å². The van der Waals surface area contributed by atoms with Crippen molar-refractivity contribution in [3.63, 3.8) is 0 Å². The van der Waals surface area contributed by atoms with E-state index in [1.54, 1.807) is 12.5 Å². The monoisotopic (exact) mass is 307 g/mol. The van der Waals surface area contributed by atoms with Crippen molar-refractivity contribution in [3.05, 3.63) is 34.9 Å². The van der Waals surface area contributed by atoms with E-state index in [1.807, 2.05) is 6.92 Å². The zero-order chi connectivity index (χ0) is 15.0. The topological polar surface area (TPSA) is 46.2 Å². The minimum Gasteiger partial charge on any atom is -0.306 e. The molecule has 0 aliphatic heterocycles. The molecule has 0 aromatic heterocycles. The second kappa shape index (κ2) is 5.73. The van der Waals surface area contributed by atoms with Gasteiger partial charge in [-0.1, -0.05) is 25.1 Å². The van der Waals surface area contributed by atoms with Gasteiger partial charge >= 0.3 is 0 Å². The first-order valence-corrected chi connectivity index (χ1v) is 9.90. The number of benzene rings is 1. The maximum Gasteiger partial charge on any atom is 0.151 e. The minimum absolute atomic E-state index is 0.0101. The molecule has 0 saturated carbocycles. The summed E-state index contributed by atoms with van der Waals surface area (Å²) in [5.41, 5.74) is 4.49. The van der Waals surface area contributed by atoms with Crippen LogP contribution in [0.5, 0.6) is 0 Å². The molecule has 1 aromatic carbocycles. The fourth-order valence-electron chi connectivity index (χ4n) is 4.03. The smallest absolute Gasteiger partial charge is 0.151 e. The fourth-order valence-corrected chi connectivity index (χ4v) is 5.12. The lowest BCUT2D eigenvalue weighted by Gasteiger charge is -2.20. The maximum absolute atomic E-state index is 11.8. The molecule has 21 heavy (non-hydrogen) atoms. The highest BCUT2D eigenvalue weighted by Gasteiger charge is 2.35. The summed E-state index contributed by atoms with van der Waals surface area (Å²) in [5, 5.41) is 3.57. The normalized spacial score (nSPS) is 25.6. The molecule has 0 radical (unpaired) electrons. The van der Waals surface area contributed by atoms with Crippen molar-refractivity contribution in [2.75, 3.05) is 11.5 Å². The predicted octanol–water partition coefficient (Wildman–Crippen LogP) is 2.96. The lowest BCUT2D eigenvalue weighted by atomic mass is 9.84. The molecule has 0 heterocycles. The third-order valence-corrected chi connectivity index (χ3v) is 6.85. The Hall–Kier alpha value is -0.870. The number of nitrogens with one attached hydrogen (secondary N) is 1. The number of rotatable bonds is 5. The maximum atomic E-state index is 11.8. The van der Waals surface area contributed by atoms with E-state index in [2.05, 4.69) is 23.5 Å². The lowest BCUT2D eigenvalue weighted by molar-refractivity contribution is 0.434. The quantitative estimate of drug-likeness (QED) is 0.909. The number of hydrogen-bond acceptors (Lipinski definition) is 3. The molecule has 3 nitrogen and oxygen atoms in total. The Morgan fingerprint density at radius 1 is 1.38 bits per heavy atom. The molecule has 0 unspecified atom stereocenters. The summed E-state index contributed by atoms with van der Waals surface area (Å²) in [6.45, 7) is 3.71. The number of aryl methyl sites for hydroxylation is 1. The highest BCUT2D eigenvalue weighted by molar-refractivity contribution is 7.91. The first-order chi connectivity index (χ1) is 10.00. The summed E-state index contributed by atoms with van der Waals surface area (Å²) >= 11 is 0. The fraction of sp³-hybridized carbons (Fsp3) is 0.647. The van der Waals surface area contributed by atoms with Crippen LogP contribution in [0.1, 0.15) is 61.8 Å². The van der Waals surface area contributed by atoms with E-state index in [-0.39, 0.29) is 17.5 Å². The molecular weight excluding hydrogens is 282 g/mol. The van der Waals surface area contributed by atoms with E-state index >= 15 is 0 Å². The molecule has 2 aliphatic rings. The second-order valence-electron chi connectivity index (χ2n) is 6.56. The average Bonchev–Trinajstić information content (AvgIpc) is 2.79. The van der Waals surface area contributed by atoms with E-state index in [9.17, 15) is 8.42 Å². The van der Waals surface area contributed by atoms with Crippen molar-refractivity contribution in [3.8, 4) is 0 Å².